The molecule has 2 amide bonds. The molecule has 1 fully saturated rings. The molecular weight excluding hydrogens is 337 g/mol. The van der Waals surface area contributed by atoms with Crippen LogP contribution in [0.4, 0.5) is 0 Å². The van der Waals surface area contributed by atoms with Crippen LogP contribution in [0.25, 0.3) is 0 Å². The van der Waals surface area contributed by atoms with Gasteiger partial charge in [-0.1, -0.05) is 23.2 Å². The van der Waals surface area contributed by atoms with Gasteiger partial charge in [0.25, 0.3) is 5.91 Å². The molecule has 126 valence electrons. The van der Waals surface area contributed by atoms with E-state index in [9.17, 15) is 9.59 Å². The van der Waals surface area contributed by atoms with Crippen LogP contribution < -0.4 is 11.1 Å². The van der Waals surface area contributed by atoms with Crippen LogP contribution in [0.2, 0.25) is 10.0 Å². The molecule has 0 saturated carbocycles. The Morgan fingerprint density at radius 3 is 2.74 bits per heavy atom. The predicted molar refractivity (Wildman–Crippen MR) is 91.8 cm³/mol. The molecule has 1 saturated heterocycles. The number of nitrogens with one attached hydrogen (secondary N) is 1. The maximum absolute atomic E-state index is 12.7. The number of nitrogens with two attached hydrogens (primary N) is 1. The zero-order valence-electron chi connectivity index (χ0n) is 12.9. The normalized spacial score (nSPS) is 17.9. The van der Waals surface area contributed by atoms with Gasteiger partial charge in [-0.2, -0.15) is 0 Å². The van der Waals surface area contributed by atoms with Gasteiger partial charge in [0.1, 0.15) is 0 Å². The molecular formula is C16H21Cl2N3O2. The van der Waals surface area contributed by atoms with Crippen molar-refractivity contribution >= 4 is 35.0 Å². The number of hydrogen-bond acceptors (Lipinski definition) is 3. The van der Waals surface area contributed by atoms with Crippen molar-refractivity contribution in [2.45, 2.75) is 31.7 Å². The van der Waals surface area contributed by atoms with Crippen molar-refractivity contribution in [1.82, 2.24) is 10.2 Å². The van der Waals surface area contributed by atoms with E-state index in [2.05, 4.69) is 5.32 Å². The summed E-state index contributed by atoms with van der Waals surface area (Å²) in [5.41, 5.74) is 5.88. The Hall–Kier alpha value is -1.30. The molecule has 1 aliphatic heterocycles. The topological polar surface area (TPSA) is 75.4 Å². The van der Waals surface area contributed by atoms with Crippen LogP contribution in [0, 0.1) is 0 Å². The van der Waals surface area contributed by atoms with Crippen molar-refractivity contribution < 1.29 is 9.59 Å². The molecule has 5 nitrogen and oxygen atoms in total. The van der Waals surface area contributed by atoms with Crippen molar-refractivity contribution in [1.29, 1.82) is 0 Å². The number of carbonyl (C=O) groups is 2. The molecule has 0 spiro atoms. The van der Waals surface area contributed by atoms with Gasteiger partial charge in [-0.25, -0.2) is 0 Å². The lowest BCUT2D eigenvalue weighted by Gasteiger charge is -2.36. The van der Waals surface area contributed by atoms with E-state index in [0.717, 1.165) is 19.3 Å². The van der Waals surface area contributed by atoms with Crippen molar-refractivity contribution in [2.24, 2.45) is 5.73 Å². The maximum Gasteiger partial charge on any atom is 0.254 e. The maximum atomic E-state index is 12.7. The fourth-order valence-corrected chi connectivity index (χ4v) is 3.02. The Labute approximate surface area is 146 Å². The van der Waals surface area contributed by atoms with Gasteiger partial charge in [0.15, 0.2) is 0 Å². The van der Waals surface area contributed by atoms with Gasteiger partial charge < -0.3 is 16.0 Å². The first kappa shape index (κ1) is 18.0. The monoisotopic (exact) mass is 357 g/mol. The van der Waals surface area contributed by atoms with E-state index in [1.807, 2.05) is 4.90 Å². The SMILES string of the molecule is NCCC(=O)NCC1CCCCN1C(=O)c1ccc(Cl)c(Cl)c1. The summed E-state index contributed by atoms with van der Waals surface area (Å²) in [6.45, 7) is 1.45. The molecule has 1 aliphatic rings. The number of carbonyl (C=O) groups excluding carboxylic acids is 2. The standard InChI is InChI=1S/C16H21Cl2N3O2/c17-13-5-4-11(9-14(13)18)16(23)21-8-2-1-3-12(21)10-20-15(22)6-7-19/h4-5,9,12H,1-3,6-8,10,19H2,(H,20,22). The highest BCUT2D eigenvalue weighted by molar-refractivity contribution is 6.42. The van der Waals surface area contributed by atoms with Gasteiger partial charge in [-0.3, -0.25) is 9.59 Å². The Morgan fingerprint density at radius 2 is 2.04 bits per heavy atom. The predicted octanol–water partition coefficient (Wildman–Crippen LogP) is 2.45. The molecule has 0 aromatic heterocycles. The summed E-state index contributed by atoms with van der Waals surface area (Å²) in [5, 5.41) is 3.64. The van der Waals surface area contributed by atoms with Crippen LogP contribution in [0.15, 0.2) is 18.2 Å². The van der Waals surface area contributed by atoms with Gasteiger partial charge >= 0.3 is 0 Å². The second kappa shape index (κ2) is 8.52. The lowest BCUT2D eigenvalue weighted by atomic mass is 10.0. The summed E-state index contributed by atoms with van der Waals surface area (Å²) >= 11 is 11.9. The summed E-state index contributed by atoms with van der Waals surface area (Å²) in [5.74, 6) is -0.165. The number of halogens is 2. The Kier molecular flexibility index (Phi) is 6.69. The minimum Gasteiger partial charge on any atom is -0.354 e. The first-order valence-electron chi connectivity index (χ1n) is 7.75. The average Bonchev–Trinajstić information content (AvgIpc) is 2.55. The number of hydrogen-bond donors (Lipinski definition) is 2. The van der Waals surface area contributed by atoms with Crippen LogP contribution in [0.3, 0.4) is 0 Å². The van der Waals surface area contributed by atoms with Crippen LogP contribution in [-0.2, 0) is 4.79 Å². The van der Waals surface area contributed by atoms with Crippen LogP contribution in [0.5, 0.6) is 0 Å². The smallest absolute Gasteiger partial charge is 0.254 e. The first-order chi connectivity index (χ1) is 11.0. The van der Waals surface area contributed by atoms with Crippen LogP contribution >= 0.6 is 23.2 Å². The Morgan fingerprint density at radius 1 is 1.26 bits per heavy atom. The molecule has 7 heteroatoms. The number of rotatable bonds is 5. The molecule has 1 heterocycles. The molecule has 3 N–H and O–H groups in total. The second-order valence-electron chi connectivity index (χ2n) is 5.62. The van der Waals surface area contributed by atoms with Gasteiger partial charge in [0.2, 0.25) is 5.91 Å². The van der Waals surface area contributed by atoms with Gasteiger partial charge in [-0.15, -0.1) is 0 Å². The molecule has 23 heavy (non-hydrogen) atoms. The van der Waals surface area contributed by atoms with E-state index in [-0.39, 0.29) is 17.9 Å². The van der Waals surface area contributed by atoms with E-state index in [1.54, 1.807) is 18.2 Å². The molecule has 1 aromatic carbocycles. The number of benzene rings is 1. The van der Waals surface area contributed by atoms with Gasteiger partial charge in [0, 0.05) is 37.7 Å². The fraction of sp³-hybridized carbons (Fsp3) is 0.500. The highest BCUT2D eigenvalue weighted by Crippen LogP contribution is 2.25. The summed E-state index contributed by atoms with van der Waals surface area (Å²) in [6, 6.07) is 4.88. The molecule has 0 aliphatic carbocycles. The third kappa shape index (κ3) is 4.83. The minimum atomic E-state index is -0.0833. The molecule has 0 radical (unpaired) electrons. The Bertz CT molecular complexity index is 580. The van der Waals surface area contributed by atoms with Crippen molar-refractivity contribution in [3.8, 4) is 0 Å². The summed E-state index contributed by atoms with van der Waals surface area (Å²) in [4.78, 5) is 26.1. The van der Waals surface area contributed by atoms with E-state index in [4.69, 9.17) is 28.9 Å². The zero-order chi connectivity index (χ0) is 16.8. The van der Waals surface area contributed by atoms with E-state index >= 15 is 0 Å². The largest absolute Gasteiger partial charge is 0.354 e. The molecule has 2 rings (SSSR count). The molecule has 0 bridgehead atoms. The molecule has 1 aromatic rings. The minimum absolute atomic E-state index is 0.00701. The summed E-state index contributed by atoms with van der Waals surface area (Å²) in [6.07, 6.45) is 3.17. The fourth-order valence-electron chi connectivity index (χ4n) is 2.73. The van der Waals surface area contributed by atoms with Gasteiger partial charge in [-0.05, 0) is 37.5 Å². The van der Waals surface area contributed by atoms with Crippen LogP contribution in [-0.4, -0.2) is 42.4 Å². The Balaban J connectivity index is 2.06. The number of likely N-dealkylation sites (tertiary alicyclic amines) is 1. The first-order valence-corrected chi connectivity index (χ1v) is 8.51. The number of amides is 2. The lowest BCUT2D eigenvalue weighted by Crippen LogP contribution is -2.49. The lowest BCUT2D eigenvalue weighted by molar-refractivity contribution is -0.121. The quantitative estimate of drug-likeness (QED) is 0.849. The molecule has 1 unspecified atom stereocenters. The van der Waals surface area contributed by atoms with Crippen molar-refractivity contribution in [3.05, 3.63) is 33.8 Å². The number of piperidine rings is 1. The third-order valence-electron chi connectivity index (χ3n) is 3.96. The highest BCUT2D eigenvalue weighted by Gasteiger charge is 2.28. The third-order valence-corrected chi connectivity index (χ3v) is 4.70. The number of nitrogens with zero attached hydrogens (tertiary/aromatic N) is 1. The summed E-state index contributed by atoms with van der Waals surface area (Å²) in [7, 11) is 0. The van der Waals surface area contributed by atoms with Crippen LogP contribution in [0.1, 0.15) is 36.0 Å². The van der Waals surface area contributed by atoms with E-state index in [1.165, 1.54) is 0 Å². The molecule has 1 atom stereocenters. The average molecular weight is 358 g/mol. The van der Waals surface area contributed by atoms with E-state index in [0.29, 0.717) is 41.7 Å². The summed E-state index contributed by atoms with van der Waals surface area (Å²) < 4.78 is 0. The van der Waals surface area contributed by atoms with E-state index < -0.39 is 0 Å². The second-order valence-corrected chi connectivity index (χ2v) is 6.43. The highest BCUT2D eigenvalue weighted by atomic mass is 35.5. The van der Waals surface area contributed by atoms with Crippen molar-refractivity contribution in [2.75, 3.05) is 19.6 Å². The van der Waals surface area contributed by atoms with Crippen molar-refractivity contribution in [3.63, 3.8) is 0 Å². The zero-order valence-corrected chi connectivity index (χ0v) is 14.4. The van der Waals surface area contributed by atoms with Gasteiger partial charge in [0.05, 0.1) is 10.0 Å².